The topological polar surface area (TPSA) is 56.3 Å². The zero-order chi connectivity index (χ0) is 13.1. The van der Waals surface area contributed by atoms with Gasteiger partial charge in [-0.15, -0.1) is 0 Å². The first kappa shape index (κ1) is 13.5. The van der Waals surface area contributed by atoms with E-state index in [0.29, 0.717) is 18.6 Å². The molecule has 1 fully saturated rings. The van der Waals surface area contributed by atoms with Crippen LogP contribution in [0.3, 0.4) is 0 Å². The van der Waals surface area contributed by atoms with Crippen molar-refractivity contribution in [2.45, 2.75) is 38.4 Å². The summed E-state index contributed by atoms with van der Waals surface area (Å²) in [5.41, 5.74) is 7.13. The Morgan fingerprint density at radius 2 is 2.39 bits per heavy atom. The van der Waals surface area contributed by atoms with Crippen molar-refractivity contribution in [2.24, 2.45) is 5.73 Å². The monoisotopic (exact) mass is 252 g/mol. The van der Waals surface area contributed by atoms with Gasteiger partial charge in [-0.05, 0) is 27.3 Å². The minimum atomic E-state index is 0.226. The Morgan fingerprint density at radius 3 is 2.89 bits per heavy atom. The van der Waals surface area contributed by atoms with E-state index in [1.54, 1.807) is 0 Å². The van der Waals surface area contributed by atoms with E-state index >= 15 is 0 Å². The Morgan fingerprint density at radius 1 is 1.61 bits per heavy atom. The van der Waals surface area contributed by atoms with Crippen molar-refractivity contribution >= 4 is 0 Å². The molecule has 0 aromatic carbocycles. The molecule has 2 atom stereocenters. The molecule has 1 aromatic heterocycles. The molecule has 102 valence electrons. The molecule has 0 saturated carbocycles. The van der Waals surface area contributed by atoms with Gasteiger partial charge in [0.15, 0.2) is 0 Å². The second-order valence-corrected chi connectivity index (χ2v) is 5.28. The lowest BCUT2D eigenvalue weighted by atomic mass is 10.1. The van der Waals surface area contributed by atoms with Crippen LogP contribution in [-0.2, 0) is 4.74 Å². The second kappa shape index (κ2) is 5.82. The summed E-state index contributed by atoms with van der Waals surface area (Å²) in [6, 6.07) is 1.09. The fourth-order valence-electron chi connectivity index (χ4n) is 2.44. The van der Waals surface area contributed by atoms with Crippen LogP contribution < -0.4 is 5.73 Å². The van der Waals surface area contributed by atoms with E-state index in [1.807, 2.05) is 10.9 Å². The van der Waals surface area contributed by atoms with Crippen molar-refractivity contribution in [1.82, 2.24) is 14.7 Å². The van der Waals surface area contributed by atoms with Gasteiger partial charge in [-0.1, -0.05) is 0 Å². The van der Waals surface area contributed by atoms with E-state index in [4.69, 9.17) is 10.5 Å². The van der Waals surface area contributed by atoms with Crippen molar-refractivity contribution in [3.63, 3.8) is 0 Å². The van der Waals surface area contributed by atoms with Gasteiger partial charge in [-0.2, -0.15) is 5.10 Å². The van der Waals surface area contributed by atoms with Crippen molar-refractivity contribution in [3.8, 4) is 0 Å². The highest BCUT2D eigenvalue weighted by atomic mass is 16.5. The van der Waals surface area contributed by atoms with Crippen LogP contribution in [0.4, 0.5) is 0 Å². The summed E-state index contributed by atoms with van der Waals surface area (Å²) in [5, 5.41) is 4.40. The fraction of sp³-hybridized carbons (Fsp3) is 0.769. The largest absolute Gasteiger partial charge is 0.380 e. The molecule has 2 heterocycles. The Kier molecular flexibility index (Phi) is 4.37. The molecule has 0 aliphatic carbocycles. The van der Waals surface area contributed by atoms with E-state index in [9.17, 15) is 0 Å². The van der Waals surface area contributed by atoms with Crippen LogP contribution in [0.15, 0.2) is 12.4 Å². The smallest absolute Gasteiger partial charge is 0.0622 e. The number of hydrogen-bond acceptors (Lipinski definition) is 4. The highest BCUT2D eigenvalue weighted by Crippen LogP contribution is 2.24. The van der Waals surface area contributed by atoms with E-state index in [2.05, 4.69) is 37.1 Å². The summed E-state index contributed by atoms with van der Waals surface area (Å²) in [6.07, 6.45) is 5.13. The Balaban J connectivity index is 2.10. The third-order valence-electron chi connectivity index (χ3n) is 3.73. The molecule has 5 heteroatoms. The number of nitrogens with two attached hydrogens (primary N) is 1. The van der Waals surface area contributed by atoms with Crippen molar-refractivity contribution in [1.29, 1.82) is 0 Å². The number of ether oxygens (including phenoxy) is 1. The molecule has 1 aromatic rings. The molecule has 0 amide bonds. The summed E-state index contributed by atoms with van der Waals surface area (Å²) in [7, 11) is 2.13. The van der Waals surface area contributed by atoms with Gasteiger partial charge in [0, 0.05) is 37.0 Å². The predicted octanol–water partition coefficient (Wildman–Crippen LogP) is 1.18. The first-order valence-electron chi connectivity index (χ1n) is 6.67. The van der Waals surface area contributed by atoms with Crippen LogP contribution in [-0.4, -0.2) is 47.5 Å². The zero-order valence-corrected chi connectivity index (χ0v) is 11.5. The quantitative estimate of drug-likeness (QED) is 0.855. The number of rotatable bonds is 5. The highest BCUT2D eigenvalue weighted by Gasteiger charge is 2.27. The highest BCUT2D eigenvalue weighted by molar-refractivity contribution is 5.12. The van der Waals surface area contributed by atoms with Gasteiger partial charge in [0.25, 0.3) is 0 Å². The summed E-state index contributed by atoms with van der Waals surface area (Å²) in [6.45, 7) is 6.53. The van der Waals surface area contributed by atoms with Gasteiger partial charge in [0.05, 0.1) is 18.8 Å². The van der Waals surface area contributed by atoms with Crippen molar-refractivity contribution in [3.05, 3.63) is 18.0 Å². The lowest BCUT2D eigenvalue weighted by Crippen LogP contribution is -2.38. The second-order valence-electron chi connectivity index (χ2n) is 5.28. The van der Waals surface area contributed by atoms with E-state index < -0.39 is 0 Å². The normalized spacial score (nSPS) is 22.0. The number of likely N-dealkylation sites (N-methyl/N-ethyl adjacent to an activating group) is 1. The van der Waals surface area contributed by atoms with Crippen LogP contribution in [0.1, 0.15) is 37.9 Å². The van der Waals surface area contributed by atoms with Crippen LogP contribution in [0, 0.1) is 0 Å². The summed E-state index contributed by atoms with van der Waals surface area (Å²) in [4.78, 5) is 2.33. The average molecular weight is 252 g/mol. The lowest BCUT2D eigenvalue weighted by molar-refractivity contribution is 0.134. The number of hydrogen-bond donors (Lipinski definition) is 1. The van der Waals surface area contributed by atoms with Crippen LogP contribution in [0.2, 0.25) is 0 Å². The standard InChI is InChI=1S/C13H24N4O/c1-10(2)17-8-11(7-15-17)13(6-14)16(3)12-4-5-18-9-12/h7-8,10,12-13H,4-6,9,14H2,1-3H3. The van der Waals surface area contributed by atoms with Gasteiger partial charge in [0.1, 0.15) is 0 Å². The van der Waals surface area contributed by atoms with Crippen LogP contribution in [0.5, 0.6) is 0 Å². The minimum absolute atomic E-state index is 0.226. The first-order valence-corrected chi connectivity index (χ1v) is 6.67. The molecule has 1 aliphatic heterocycles. The van der Waals surface area contributed by atoms with Gasteiger partial charge >= 0.3 is 0 Å². The maximum atomic E-state index is 5.94. The number of aromatic nitrogens is 2. The molecule has 18 heavy (non-hydrogen) atoms. The summed E-state index contributed by atoms with van der Waals surface area (Å²) < 4.78 is 7.43. The third-order valence-corrected chi connectivity index (χ3v) is 3.73. The molecule has 0 spiro atoms. The van der Waals surface area contributed by atoms with Crippen LogP contribution in [0.25, 0.3) is 0 Å². The van der Waals surface area contributed by atoms with Gasteiger partial charge < -0.3 is 10.5 Å². The van der Waals surface area contributed by atoms with Gasteiger partial charge in [-0.3, -0.25) is 9.58 Å². The molecule has 2 unspecified atom stereocenters. The molecule has 0 bridgehead atoms. The average Bonchev–Trinajstić information content (AvgIpc) is 3.01. The molecular formula is C13H24N4O. The predicted molar refractivity (Wildman–Crippen MR) is 71.4 cm³/mol. The summed E-state index contributed by atoms with van der Waals surface area (Å²) in [5.74, 6) is 0. The molecule has 1 aliphatic rings. The van der Waals surface area contributed by atoms with Crippen molar-refractivity contribution < 1.29 is 4.74 Å². The fourth-order valence-corrected chi connectivity index (χ4v) is 2.44. The van der Waals surface area contributed by atoms with Gasteiger partial charge in [-0.25, -0.2) is 0 Å². The maximum absolute atomic E-state index is 5.94. The maximum Gasteiger partial charge on any atom is 0.0622 e. The van der Waals surface area contributed by atoms with E-state index in [1.165, 1.54) is 5.56 Å². The van der Waals surface area contributed by atoms with E-state index in [0.717, 1.165) is 19.6 Å². The Hall–Kier alpha value is -0.910. The zero-order valence-electron chi connectivity index (χ0n) is 11.5. The molecule has 2 N–H and O–H groups in total. The third kappa shape index (κ3) is 2.74. The molecule has 2 rings (SSSR count). The Labute approximate surface area is 109 Å². The Bertz CT molecular complexity index is 371. The number of nitrogens with zero attached hydrogens (tertiary/aromatic N) is 3. The summed E-state index contributed by atoms with van der Waals surface area (Å²) >= 11 is 0. The first-order chi connectivity index (χ1) is 8.63. The van der Waals surface area contributed by atoms with Crippen LogP contribution >= 0.6 is 0 Å². The van der Waals surface area contributed by atoms with Crippen molar-refractivity contribution in [2.75, 3.05) is 26.8 Å². The van der Waals surface area contributed by atoms with E-state index in [-0.39, 0.29) is 6.04 Å². The molecule has 1 saturated heterocycles. The minimum Gasteiger partial charge on any atom is -0.380 e. The SMILES string of the molecule is CC(C)n1cc(C(CN)N(C)C2CCOC2)cn1. The molecule has 0 radical (unpaired) electrons. The van der Waals surface area contributed by atoms with Gasteiger partial charge in [0.2, 0.25) is 0 Å². The molecular weight excluding hydrogens is 228 g/mol. The lowest BCUT2D eigenvalue weighted by Gasteiger charge is -2.30. The molecule has 5 nitrogen and oxygen atoms in total.